The maximum absolute atomic E-state index is 14.2. The first-order valence-corrected chi connectivity index (χ1v) is 7.76. The van der Waals surface area contributed by atoms with Crippen LogP contribution in [0.2, 0.25) is 0 Å². The van der Waals surface area contributed by atoms with Crippen LogP contribution in [0.4, 0.5) is 14.5 Å². The average molecular weight is 353 g/mol. The zero-order chi connectivity index (χ0) is 18.1. The first-order valence-electron chi connectivity index (χ1n) is 7.76. The van der Waals surface area contributed by atoms with Crippen LogP contribution in [0.1, 0.15) is 11.8 Å². The van der Waals surface area contributed by atoms with Gasteiger partial charge in [-0.3, -0.25) is 4.98 Å². The summed E-state index contributed by atoms with van der Waals surface area (Å²) >= 11 is 0. The molecule has 1 aromatic carbocycles. The normalized spacial score (nSPS) is 12.3. The molecule has 0 aliphatic heterocycles. The van der Waals surface area contributed by atoms with Crippen LogP contribution >= 0.6 is 0 Å². The Labute approximate surface area is 146 Å². The third-order valence-corrected chi connectivity index (χ3v) is 3.96. The van der Waals surface area contributed by atoms with Gasteiger partial charge in [-0.05, 0) is 18.2 Å². The van der Waals surface area contributed by atoms with Gasteiger partial charge < -0.3 is 10.4 Å². The number of aliphatic hydroxyl groups is 1. The smallest absolute Gasteiger partial charge is 0.166 e. The zero-order valence-electron chi connectivity index (χ0n) is 13.3. The van der Waals surface area contributed by atoms with Crippen molar-refractivity contribution >= 4 is 11.3 Å². The third-order valence-electron chi connectivity index (χ3n) is 3.96. The van der Waals surface area contributed by atoms with Gasteiger partial charge in [0.15, 0.2) is 23.5 Å². The molecule has 0 spiro atoms. The van der Waals surface area contributed by atoms with Crippen molar-refractivity contribution in [2.24, 2.45) is 0 Å². The number of benzene rings is 1. The Morgan fingerprint density at radius 2 is 1.92 bits per heavy atom. The molecule has 26 heavy (non-hydrogen) atoms. The third kappa shape index (κ3) is 2.76. The summed E-state index contributed by atoms with van der Waals surface area (Å²) in [6.45, 7) is 0. The fourth-order valence-electron chi connectivity index (χ4n) is 2.71. The molecule has 4 rings (SSSR count). The second-order valence-electron chi connectivity index (χ2n) is 5.56. The van der Waals surface area contributed by atoms with E-state index >= 15 is 0 Å². The Balaban J connectivity index is 1.72. The Morgan fingerprint density at radius 3 is 2.81 bits per heavy atom. The summed E-state index contributed by atoms with van der Waals surface area (Å²) in [5.74, 6) is -1.93. The Hall–Kier alpha value is -3.39. The van der Waals surface area contributed by atoms with Gasteiger partial charge in [-0.2, -0.15) is 5.10 Å². The minimum absolute atomic E-state index is 0.0470. The average Bonchev–Trinajstić information content (AvgIpc) is 3.09. The molecule has 2 N–H and O–H groups in total. The van der Waals surface area contributed by atoms with E-state index in [0.717, 1.165) is 6.07 Å². The summed E-state index contributed by atoms with van der Waals surface area (Å²) in [6, 6.07) is 7.20. The van der Waals surface area contributed by atoms with Crippen molar-refractivity contribution in [1.82, 2.24) is 19.6 Å². The molecule has 0 aliphatic rings. The molecule has 1 atom stereocenters. The fourth-order valence-corrected chi connectivity index (χ4v) is 2.71. The number of pyridine rings is 1. The van der Waals surface area contributed by atoms with E-state index in [9.17, 15) is 13.9 Å². The van der Waals surface area contributed by atoms with Crippen molar-refractivity contribution in [3.8, 4) is 11.1 Å². The topological polar surface area (TPSA) is 75.3 Å². The van der Waals surface area contributed by atoms with Crippen LogP contribution in [0.3, 0.4) is 0 Å². The highest BCUT2D eigenvalue weighted by atomic mass is 19.2. The van der Waals surface area contributed by atoms with Gasteiger partial charge in [-0.15, -0.1) is 0 Å². The maximum atomic E-state index is 14.2. The Kier molecular flexibility index (Phi) is 4.02. The summed E-state index contributed by atoms with van der Waals surface area (Å²) in [4.78, 5) is 8.16. The van der Waals surface area contributed by atoms with E-state index in [1.807, 2.05) is 0 Å². The number of anilines is 1. The van der Waals surface area contributed by atoms with Crippen LogP contribution in [0.25, 0.3) is 16.8 Å². The molecular formula is C18H13F2N5O. The van der Waals surface area contributed by atoms with Crippen molar-refractivity contribution in [1.29, 1.82) is 0 Å². The van der Waals surface area contributed by atoms with Crippen molar-refractivity contribution < 1.29 is 13.9 Å². The Bertz CT molecular complexity index is 1080. The molecule has 130 valence electrons. The molecule has 0 bridgehead atoms. The second-order valence-corrected chi connectivity index (χ2v) is 5.56. The van der Waals surface area contributed by atoms with Gasteiger partial charge >= 0.3 is 0 Å². The highest BCUT2D eigenvalue weighted by molar-refractivity contribution is 5.77. The first kappa shape index (κ1) is 16.1. The molecule has 4 aromatic rings. The van der Waals surface area contributed by atoms with Crippen molar-refractivity contribution in [3.63, 3.8) is 0 Å². The summed E-state index contributed by atoms with van der Waals surface area (Å²) in [6.07, 6.45) is 6.53. The van der Waals surface area contributed by atoms with Crippen LogP contribution < -0.4 is 5.32 Å². The molecular weight excluding hydrogens is 340 g/mol. The number of fused-ring (bicyclic) bond motifs is 1. The SMILES string of the molecule is OC(Nc1ccncc1-c1cccc(F)c1F)c1cnn2cccnc12. The van der Waals surface area contributed by atoms with Gasteiger partial charge in [0.25, 0.3) is 0 Å². The van der Waals surface area contributed by atoms with Gasteiger partial charge in [0.2, 0.25) is 0 Å². The fraction of sp³-hybridized carbons (Fsp3) is 0.0556. The van der Waals surface area contributed by atoms with Crippen LogP contribution in [0, 0.1) is 11.6 Å². The van der Waals surface area contributed by atoms with Crippen molar-refractivity contribution in [3.05, 3.63) is 78.5 Å². The van der Waals surface area contributed by atoms with E-state index in [1.54, 1.807) is 24.5 Å². The minimum atomic E-state index is -1.15. The standard InChI is InChI=1S/C18H13F2N5O/c19-14-4-1-3-11(16(14)20)12-9-21-7-5-15(12)24-18(26)13-10-23-25-8-2-6-22-17(13)25/h1-10,18,26H,(H,21,24). The number of hydrogen-bond acceptors (Lipinski definition) is 5. The van der Waals surface area contributed by atoms with E-state index in [4.69, 9.17) is 0 Å². The van der Waals surface area contributed by atoms with Crippen molar-refractivity contribution in [2.45, 2.75) is 6.23 Å². The largest absolute Gasteiger partial charge is 0.369 e. The van der Waals surface area contributed by atoms with E-state index in [-0.39, 0.29) is 5.56 Å². The van der Waals surface area contributed by atoms with Gasteiger partial charge in [0.05, 0.1) is 11.8 Å². The lowest BCUT2D eigenvalue weighted by Crippen LogP contribution is -2.11. The summed E-state index contributed by atoms with van der Waals surface area (Å²) in [5.41, 5.74) is 1.71. The lowest BCUT2D eigenvalue weighted by atomic mass is 10.0. The van der Waals surface area contributed by atoms with Gasteiger partial charge in [0.1, 0.15) is 0 Å². The van der Waals surface area contributed by atoms with Gasteiger partial charge in [0, 0.05) is 41.6 Å². The lowest BCUT2D eigenvalue weighted by Gasteiger charge is -2.16. The summed E-state index contributed by atoms with van der Waals surface area (Å²) < 4.78 is 29.3. The van der Waals surface area contributed by atoms with Crippen molar-refractivity contribution in [2.75, 3.05) is 5.32 Å². The van der Waals surface area contributed by atoms with Crippen LogP contribution in [0.15, 0.2) is 61.3 Å². The van der Waals surface area contributed by atoms with Gasteiger partial charge in [-0.1, -0.05) is 12.1 Å². The number of nitrogens with zero attached hydrogens (tertiary/aromatic N) is 4. The highest BCUT2D eigenvalue weighted by Gasteiger charge is 2.18. The molecule has 0 fully saturated rings. The molecule has 0 saturated heterocycles. The number of nitrogens with one attached hydrogen (secondary N) is 1. The van der Waals surface area contributed by atoms with E-state index in [1.165, 1.54) is 35.2 Å². The van der Waals surface area contributed by atoms with Crippen LogP contribution in [-0.2, 0) is 0 Å². The number of hydrogen-bond donors (Lipinski definition) is 2. The number of rotatable bonds is 4. The molecule has 3 heterocycles. The number of aromatic nitrogens is 4. The monoisotopic (exact) mass is 353 g/mol. The predicted octanol–water partition coefficient (Wildman–Crippen LogP) is 3.17. The zero-order valence-corrected chi connectivity index (χ0v) is 13.3. The Morgan fingerprint density at radius 1 is 1.04 bits per heavy atom. The number of aliphatic hydroxyl groups excluding tert-OH is 1. The molecule has 0 saturated carbocycles. The molecule has 0 radical (unpaired) electrons. The van der Waals surface area contributed by atoms with Crippen LogP contribution in [0.5, 0.6) is 0 Å². The van der Waals surface area contributed by atoms with Gasteiger partial charge in [-0.25, -0.2) is 18.3 Å². The molecule has 0 amide bonds. The number of halogens is 2. The van der Waals surface area contributed by atoms with Crippen LogP contribution in [-0.4, -0.2) is 24.7 Å². The molecule has 3 aromatic heterocycles. The first-order chi connectivity index (χ1) is 12.6. The maximum Gasteiger partial charge on any atom is 0.166 e. The summed E-state index contributed by atoms with van der Waals surface area (Å²) in [5, 5.41) is 17.6. The van der Waals surface area contributed by atoms with E-state index in [0.29, 0.717) is 22.5 Å². The molecule has 8 heteroatoms. The minimum Gasteiger partial charge on any atom is -0.369 e. The second kappa shape index (κ2) is 6.49. The summed E-state index contributed by atoms with van der Waals surface area (Å²) in [7, 11) is 0. The molecule has 0 aliphatic carbocycles. The molecule has 1 unspecified atom stereocenters. The van der Waals surface area contributed by atoms with E-state index < -0.39 is 17.9 Å². The predicted molar refractivity (Wildman–Crippen MR) is 91.2 cm³/mol. The quantitative estimate of drug-likeness (QED) is 0.551. The van der Waals surface area contributed by atoms with E-state index in [2.05, 4.69) is 20.4 Å². The lowest BCUT2D eigenvalue weighted by molar-refractivity contribution is 0.209. The highest BCUT2D eigenvalue weighted by Crippen LogP contribution is 2.32. The molecule has 6 nitrogen and oxygen atoms in total.